The number of benzene rings is 2. The molecule has 188 valence electrons. The van der Waals surface area contributed by atoms with Crippen molar-refractivity contribution in [2.24, 2.45) is 0 Å². The van der Waals surface area contributed by atoms with E-state index >= 15 is 0 Å². The molecular weight excluding hydrogens is 472 g/mol. The van der Waals surface area contributed by atoms with Crippen molar-refractivity contribution in [1.29, 1.82) is 0 Å². The summed E-state index contributed by atoms with van der Waals surface area (Å²) in [7, 11) is 0. The minimum Gasteiger partial charge on any atom is -0.487 e. The van der Waals surface area contributed by atoms with Gasteiger partial charge in [0.25, 0.3) is 0 Å². The highest BCUT2D eigenvalue weighted by Crippen LogP contribution is 2.38. The minimum atomic E-state index is -0.930. The smallest absolute Gasteiger partial charge is 0.131 e. The van der Waals surface area contributed by atoms with Crippen LogP contribution in [-0.2, 0) is 23.6 Å². The molecule has 1 fully saturated rings. The Morgan fingerprint density at radius 3 is 2.81 bits per heavy atom. The first-order valence-electron chi connectivity index (χ1n) is 12.6. The van der Waals surface area contributed by atoms with Crippen molar-refractivity contribution in [2.75, 3.05) is 19.6 Å². The lowest BCUT2D eigenvalue weighted by Gasteiger charge is -2.20. The summed E-state index contributed by atoms with van der Waals surface area (Å²) in [4.78, 5) is 7.05. The van der Waals surface area contributed by atoms with Crippen LogP contribution in [-0.4, -0.2) is 40.7 Å². The predicted octanol–water partition coefficient (Wildman–Crippen LogP) is 5.97. The number of fused-ring (bicyclic) bond motifs is 2. The largest absolute Gasteiger partial charge is 0.487 e. The molecule has 3 heterocycles. The number of hydrogen-bond acceptors (Lipinski definition) is 5. The quantitative estimate of drug-likeness (QED) is 0.429. The Hall–Kier alpha value is -2.70. The van der Waals surface area contributed by atoms with E-state index in [9.17, 15) is 5.11 Å². The van der Waals surface area contributed by atoms with Crippen molar-refractivity contribution in [1.82, 2.24) is 9.88 Å². The lowest BCUT2D eigenvalue weighted by molar-refractivity contribution is 0.0468. The second-order valence-corrected chi connectivity index (χ2v) is 10.5. The Kier molecular flexibility index (Phi) is 7.44. The van der Waals surface area contributed by atoms with Gasteiger partial charge in [-0.25, -0.2) is 0 Å². The van der Waals surface area contributed by atoms with Crippen LogP contribution >= 0.6 is 11.6 Å². The fourth-order valence-corrected chi connectivity index (χ4v) is 5.00. The molecule has 5 rings (SSSR count). The van der Waals surface area contributed by atoms with Crippen LogP contribution in [0, 0.1) is 0 Å². The van der Waals surface area contributed by atoms with E-state index < -0.39 is 5.60 Å². The van der Waals surface area contributed by atoms with Gasteiger partial charge in [-0.05, 0) is 73.7 Å². The van der Waals surface area contributed by atoms with Gasteiger partial charge in [-0.15, -0.1) is 0 Å². The highest BCUT2D eigenvalue weighted by atomic mass is 35.5. The maximum absolute atomic E-state index is 10.6. The van der Waals surface area contributed by atoms with Gasteiger partial charge in [0, 0.05) is 42.0 Å². The molecule has 1 saturated heterocycles. The van der Waals surface area contributed by atoms with Crippen molar-refractivity contribution >= 4 is 17.2 Å². The van der Waals surface area contributed by atoms with Gasteiger partial charge in [-0.2, -0.15) is 0 Å². The Morgan fingerprint density at radius 1 is 1.17 bits per heavy atom. The van der Waals surface area contributed by atoms with E-state index in [1.54, 1.807) is 0 Å². The average molecular weight is 505 g/mol. The molecular formula is C30H33ClN2O3. The maximum atomic E-state index is 10.6. The van der Waals surface area contributed by atoms with E-state index in [1.807, 2.05) is 62.5 Å². The number of nitrogens with zero attached hydrogens (tertiary/aromatic N) is 2. The second kappa shape index (κ2) is 10.7. The molecule has 0 radical (unpaired) electrons. The van der Waals surface area contributed by atoms with Crippen LogP contribution in [0.15, 0.2) is 66.9 Å². The molecule has 6 heteroatoms. The molecule has 3 aromatic rings. The number of aromatic nitrogens is 1. The molecule has 0 saturated carbocycles. The Labute approximate surface area is 218 Å². The molecule has 36 heavy (non-hydrogen) atoms. The van der Waals surface area contributed by atoms with E-state index in [0.717, 1.165) is 76.8 Å². The van der Waals surface area contributed by atoms with Gasteiger partial charge in [-0.1, -0.05) is 41.9 Å². The van der Waals surface area contributed by atoms with Gasteiger partial charge in [0.2, 0.25) is 0 Å². The Balaban J connectivity index is 1.28. The number of likely N-dealkylation sites (tertiary alicyclic amines) is 1. The molecule has 0 amide bonds. The number of halogens is 1. The molecule has 1 aromatic heterocycles. The third kappa shape index (κ3) is 5.81. The van der Waals surface area contributed by atoms with Crippen LogP contribution in [0.4, 0.5) is 0 Å². The Bertz CT molecular complexity index is 1230. The third-order valence-corrected chi connectivity index (χ3v) is 7.19. The zero-order valence-electron chi connectivity index (χ0n) is 20.9. The summed E-state index contributed by atoms with van der Waals surface area (Å²) in [6, 6.07) is 17.9. The predicted molar refractivity (Wildman–Crippen MR) is 143 cm³/mol. The van der Waals surface area contributed by atoms with Crippen molar-refractivity contribution < 1.29 is 14.6 Å². The summed E-state index contributed by atoms with van der Waals surface area (Å²) in [6.07, 6.45) is 6.30. The maximum Gasteiger partial charge on any atom is 0.131 e. The number of rotatable bonds is 7. The first-order valence-corrected chi connectivity index (χ1v) is 13.0. The van der Waals surface area contributed by atoms with Crippen LogP contribution < -0.4 is 4.74 Å². The second-order valence-electron chi connectivity index (χ2n) is 10.1. The molecule has 0 spiro atoms. The van der Waals surface area contributed by atoms with E-state index in [0.29, 0.717) is 13.2 Å². The zero-order chi connectivity index (χ0) is 25.1. The normalized spacial score (nSPS) is 19.0. The highest BCUT2D eigenvalue weighted by Gasteiger charge is 2.25. The van der Waals surface area contributed by atoms with Crippen molar-refractivity contribution in [3.8, 4) is 5.75 Å². The van der Waals surface area contributed by atoms with E-state index in [4.69, 9.17) is 21.1 Å². The first-order chi connectivity index (χ1) is 17.4. The number of ether oxygens (including phenoxy) is 2. The van der Waals surface area contributed by atoms with Crippen molar-refractivity contribution in [3.05, 3.63) is 99.8 Å². The van der Waals surface area contributed by atoms with Gasteiger partial charge in [0.15, 0.2) is 0 Å². The molecule has 1 atom stereocenters. The summed E-state index contributed by atoms with van der Waals surface area (Å²) < 4.78 is 12.3. The van der Waals surface area contributed by atoms with E-state index in [2.05, 4.69) is 28.1 Å². The Morgan fingerprint density at radius 2 is 2.00 bits per heavy atom. The summed E-state index contributed by atoms with van der Waals surface area (Å²) >= 11 is 5.98. The van der Waals surface area contributed by atoms with E-state index in [1.165, 1.54) is 0 Å². The lowest BCUT2D eigenvalue weighted by Crippen LogP contribution is -2.24. The standard InChI is InChI=1S/C30H33ClN2O3/c1-30(2,34)22-9-12-29-27(17-22)25(26-5-3-14-32-28(26)20-36-29)6-4-15-33-16-13-24(18-33)35-19-21-7-10-23(31)11-8-21/h3,5-12,14,17,24,34H,4,13,15-16,18-20H2,1-2H3/b25-6+/t24-/m0/s1. The van der Waals surface area contributed by atoms with Gasteiger partial charge in [-0.3, -0.25) is 4.98 Å². The van der Waals surface area contributed by atoms with Gasteiger partial charge in [0.1, 0.15) is 12.4 Å². The van der Waals surface area contributed by atoms with Crippen molar-refractivity contribution in [2.45, 2.75) is 51.6 Å². The molecule has 2 aliphatic heterocycles. The van der Waals surface area contributed by atoms with Gasteiger partial charge >= 0.3 is 0 Å². The fraction of sp³-hybridized carbons (Fsp3) is 0.367. The lowest BCUT2D eigenvalue weighted by atomic mass is 9.90. The van der Waals surface area contributed by atoms with E-state index in [-0.39, 0.29) is 6.10 Å². The molecule has 0 bridgehead atoms. The van der Waals surface area contributed by atoms with Crippen LogP contribution in [0.1, 0.15) is 54.6 Å². The molecule has 0 aliphatic carbocycles. The zero-order valence-corrected chi connectivity index (χ0v) is 21.7. The minimum absolute atomic E-state index is 0.250. The van der Waals surface area contributed by atoms with Crippen LogP contribution in [0.3, 0.4) is 0 Å². The van der Waals surface area contributed by atoms with Crippen LogP contribution in [0.25, 0.3) is 5.57 Å². The molecule has 5 nitrogen and oxygen atoms in total. The summed E-state index contributed by atoms with van der Waals surface area (Å²) in [5, 5.41) is 11.4. The van der Waals surface area contributed by atoms with Crippen molar-refractivity contribution in [3.63, 3.8) is 0 Å². The molecule has 1 N–H and O–H groups in total. The third-order valence-electron chi connectivity index (χ3n) is 6.94. The summed E-state index contributed by atoms with van der Waals surface area (Å²) in [5.74, 6) is 0.823. The molecule has 0 unspecified atom stereocenters. The monoisotopic (exact) mass is 504 g/mol. The average Bonchev–Trinajstić information content (AvgIpc) is 3.26. The topological polar surface area (TPSA) is 54.8 Å². The van der Waals surface area contributed by atoms with Gasteiger partial charge < -0.3 is 19.5 Å². The first kappa shape index (κ1) is 25.0. The molecule has 2 aromatic carbocycles. The van der Waals surface area contributed by atoms with Crippen LogP contribution in [0.2, 0.25) is 5.02 Å². The number of aliphatic hydroxyl groups is 1. The van der Waals surface area contributed by atoms with Crippen LogP contribution in [0.5, 0.6) is 5.75 Å². The summed E-state index contributed by atoms with van der Waals surface area (Å²) in [5.41, 5.74) is 5.23. The fourth-order valence-electron chi connectivity index (χ4n) is 4.88. The number of hydrogen-bond donors (Lipinski definition) is 1. The highest BCUT2D eigenvalue weighted by molar-refractivity contribution is 6.30. The van der Waals surface area contributed by atoms with Gasteiger partial charge in [0.05, 0.1) is 24.0 Å². The summed E-state index contributed by atoms with van der Waals surface area (Å²) in [6.45, 7) is 7.60. The SMILES string of the molecule is CC(C)(O)c1ccc2c(c1)/C(=C/CCN1CC[C@H](OCc3ccc(Cl)cc3)C1)c1cccnc1CO2. The number of pyridine rings is 1. The molecule has 2 aliphatic rings.